The molecule has 144 valence electrons. The fraction of sp³-hybridized carbons (Fsp3) is 0.143. The maximum Gasteiger partial charge on any atom is 0.257 e. The summed E-state index contributed by atoms with van der Waals surface area (Å²) >= 11 is 6.14. The largest absolute Gasteiger partial charge is 0.495 e. The van der Waals surface area contributed by atoms with Crippen LogP contribution >= 0.6 is 11.6 Å². The summed E-state index contributed by atoms with van der Waals surface area (Å²) in [5, 5.41) is 6.48. The van der Waals surface area contributed by atoms with E-state index in [9.17, 15) is 4.79 Å². The van der Waals surface area contributed by atoms with E-state index in [0.29, 0.717) is 33.5 Å². The molecule has 0 bridgehead atoms. The van der Waals surface area contributed by atoms with Crippen molar-refractivity contribution in [2.45, 2.75) is 6.92 Å². The summed E-state index contributed by atoms with van der Waals surface area (Å²) in [5.74, 6) is 0.798. The molecule has 1 aromatic heterocycles. The van der Waals surface area contributed by atoms with Crippen LogP contribution in [0, 0.1) is 6.92 Å². The molecule has 0 radical (unpaired) electrons. The van der Waals surface area contributed by atoms with Gasteiger partial charge in [-0.3, -0.25) is 9.78 Å². The van der Waals surface area contributed by atoms with Gasteiger partial charge in [-0.25, -0.2) is 0 Å². The molecule has 0 fully saturated rings. The average Bonchev–Trinajstić information content (AvgIpc) is 2.71. The van der Waals surface area contributed by atoms with E-state index in [4.69, 9.17) is 21.1 Å². The van der Waals surface area contributed by atoms with Crippen molar-refractivity contribution in [3.63, 3.8) is 0 Å². The second-order valence-electron chi connectivity index (χ2n) is 6.09. The lowest BCUT2D eigenvalue weighted by Crippen LogP contribution is -2.12. The van der Waals surface area contributed by atoms with Crippen molar-refractivity contribution in [1.29, 1.82) is 0 Å². The van der Waals surface area contributed by atoms with Crippen LogP contribution in [0.2, 0.25) is 5.02 Å². The standard InChI is InChI=1S/C21H20ClN3O3/c1-13-4-6-15(7-5-13)25-21(26)14-8-16(12-23-11-14)24-18-10-19(27-2)17(22)9-20(18)28-3/h4-12,24H,1-3H3,(H,25,26). The molecule has 1 heterocycles. The van der Waals surface area contributed by atoms with Gasteiger partial charge < -0.3 is 20.1 Å². The SMILES string of the molecule is COc1cc(Nc2cncc(C(=O)Nc3ccc(C)cc3)c2)c(OC)cc1Cl. The van der Waals surface area contributed by atoms with Crippen LogP contribution in [-0.2, 0) is 0 Å². The Hall–Kier alpha value is -3.25. The zero-order valence-corrected chi connectivity index (χ0v) is 16.5. The van der Waals surface area contributed by atoms with Crippen molar-refractivity contribution in [2.24, 2.45) is 0 Å². The molecule has 3 aromatic rings. The zero-order valence-electron chi connectivity index (χ0n) is 15.7. The molecular formula is C21H20ClN3O3. The molecule has 0 aliphatic heterocycles. The van der Waals surface area contributed by atoms with E-state index in [0.717, 1.165) is 11.3 Å². The van der Waals surface area contributed by atoms with Crippen molar-refractivity contribution in [1.82, 2.24) is 4.98 Å². The predicted octanol–water partition coefficient (Wildman–Crippen LogP) is 5.06. The third-order valence-electron chi connectivity index (χ3n) is 4.06. The Morgan fingerprint density at radius 3 is 2.36 bits per heavy atom. The van der Waals surface area contributed by atoms with Gasteiger partial charge in [-0.1, -0.05) is 29.3 Å². The van der Waals surface area contributed by atoms with Crippen LogP contribution in [0.3, 0.4) is 0 Å². The number of aryl methyl sites for hydroxylation is 1. The molecule has 0 saturated carbocycles. The van der Waals surface area contributed by atoms with Crippen LogP contribution in [-0.4, -0.2) is 25.1 Å². The van der Waals surface area contributed by atoms with Gasteiger partial charge in [0.1, 0.15) is 11.5 Å². The Morgan fingerprint density at radius 1 is 0.964 bits per heavy atom. The number of anilines is 3. The van der Waals surface area contributed by atoms with Gasteiger partial charge in [-0.15, -0.1) is 0 Å². The number of carbonyl (C=O) groups excluding carboxylic acids is 1. The number of rotatable bonds is 6. The highest BCUT2D eigenvalue weighted by Crippen LogP contribution is 2.37. The number of hydrogen-bond acceptors (Lipinski definition) is 5. The van der Waals surface area contributed by atoms with Gasteiger partial charge in [0.25, 0.3) is 5.91 Å². The van der Waals surface area contributed by atoms with Crippen LogP contribution in [0.15, 0.2) is 54.9 Å². The molecule has 0 atom stereocenters. The number of nitrogens with zero attached hydrogens (tertiary/aromatic N) is 1. The summed E-state index contributed by atoms with van der Waals surface area (Å²) in [4.78, 5) is 16.7. The fourth-order valence-electron chi connectivity index (χ4n) is 2.59. The summed E-state index contributed by atoms with van der Waals surface area (Å²) in [6.07, 6.45) is 3.12. The maximum atomic E-state index is 12.5. The van der Waals surface area contributed by atoms with Gasteiger partial charge in [0.2, 0.25) is 0 Å². The summed E-state index contributed by atoms with van der Waals surface area (Å²) in [7, 11) is 3.09. The number of benzene rings is 2. The van der Waals surface area contributed by atoms with Crippen LogP contribution in [0.5, 0.6) is 11.5 Å². The first-order valence-corrected chi connectivity index (χ1v) is 8.89. The van der Waals surface area contributed by atoms with E-state index in [1.807, 2.05) is 31.2 Å². The minimum atomic E-state index is -0.249. The number of nitrogens with one attached hydrogen (secondary N) is 2. The highest BCUT2D eigenvalue weighted by atomic mass is 35.5. The molecule has 1 amide bonds. The van der Waals surface area contributed by atoms with Crippen LogP contribution in [0.4, 0.5) is 17.1 Å². The van der Waals surface area contributed by atoms with Crippen molar-refractivity contribution in [3.05, 3.63) is 71.0 Å². The number of hydrogen-bond donors (Lipinski definition) is 2. The topological polar surface area (TPSA) is 72.5 Å². The van der Waals surface area contributed by atoms with Gasteiger partial charge >= 0.3 is 0 Å². The lowest BCUT2D eigenvalue weighted by atomic mass is 10.2. The Morgan fingerprint density at radius 2 is 1.68 bits per heavy atom. The number of pyridine rings is 1. The second-order valence-corrected chi connectivity index (χ2v) is 6.50. The number of ether oxygens (including phenoxy) is 2. The van der Waals surface area contributed by atoms with E-state index in [2.05, 4.69) is 15.6 Å². The summed E-state index contributed by atoms with van der Waals surface area (Å²) in [6, 6.07) is 12.7. The number of methoxy groups -OCH3 is 2. The Bertz CT molecular complexity index is 991. The number of aromatic nitrogens is 1. The molecule has 0 spiro atoms. The minimum absolute atomic E-state index is 0.249. The molecule has 3 rings (SSSR count). The van der Waals surface area contributed by atoms with Crippen molar-refractivity contribution >= 4 is 34.6 Å². The van der Waals surface area contributed by atoms with Gasteiger partial charge in [0, 0.05) is 24.0 Å². The average molecular weight is 398 g/mol. The van der Waals surface area contributed by atoms with E-state index in [1.165, 1.54) is 13.3 Å². The van der Waals surface area contributed by atoms with Crippen LogP contribution < -0.4 is 20.1 Å². The Kier molecular flexibility index (Phi) is 6.01. The predicted molar refractivity (Wildman–Crippen MR) is 111 cm³/mol. The highest BCUT2D eigenvalue weighted by molar-refractivity contribution is 6.32. The van der Waals surface area contributed by atoms with Gasteiger partial charge in [0.15, 0.2) is 0 Å². The lowest BCUT2D eigenvalue weighted by Gasteiger charge is -2.14. The molecule has 0 aliphatic rings. The van der Waals surface area contributed by atoms with Crippen molar-refractivity contribution in [2.75, 3.05) is 24.9 Å². The quantitative estimate of drug-likeness (QED) is 0.608. The van der Waals surface area contributed by atoms with E-state index < -0.39 is 0 Å². The third-order valence-corrected chi connectivity index (χ3v) is 4.36. The van der Waals surface area contributed by atoms with Crippen molar-refractivity contribution < 1.29 is 14.3 Å². The lowest BCUT2D eigenvalue weighted by molar-refractivity contribution is 0.102. The molecule has 28 heavy (non-hydrogen) atoms. The number of halogens is 1. The summed E-state index contributed by atoms with van der Waals surface area (Å²) in [6.45, 7) is 1.99. The summed E-state index contributed by atoms with van der Waals surface area (Å²) < 4.78 is 10.6. The zero-order chi connectivity index (χ0) is 20.1. The monoisotopic (exact) mass is 397 g/mol. The van der Waals surface area contributed by atoms with E-state index in [1.54, 1.807) is 31.5 Å². The molecule has 0 aliphatic carbocycles. The molecule has 2 aromatic carbocycles. The van der Waals surface area contributed by atoms with Gasteiger partial charge in [-0.2, -0.15) is 0 Å². The molecule has 2 N–H and O–H groups in total. The molecule has 0 unspecified atom stereocenters. The maximum absolute atomic E-state index is 12.5. The van der Waals surface area contributed by atoms with E-state index >= 15 is 0 Å². The number of carbonyl (C=O) groups is 1. The smallest absolute Gasteiger partial charge is 0.257 e. The van der Waals surface area contributed by atoms with Crippen LogP contribution in [0.1, 0.15) is 15.9 Å². The normalized spacial score (nSPS) is 10.3. The Balaban J connectivity index is 1.81. The molecule has 6 nitrogen and oxygen atoms in total. The molecule has 7 heteroatoms. The first-order chi connectivity index (χ1) is 13.5. The third kappa shape index (κ3) is 4.53. The Labute approximate surface area is 168 Å². The van der Waals surface area contributed by atoms with Crippen LogP contribution in [0.25, 0.3) is 0 Å². The minimum Gasteiger partial charge on any atom is -0.495 e. The van der Waals surface area contributed by atoms with Gasteiger partial charge in [0.05, 0.1) is 42.4 Å². The fourth-order valence-corrected chi connectivity index (χ4v) is 2.82. The molecular weight excluding hydrogens is 378 g/mol. The number of amides is 1. The van der Waals surface area contributed by atoms with Gasteiger partial charge in [-0.05, 0) is 25.1 Å². The first-order valence-electron chi connectivity index (χ1n) is 8.52. The highest BCUT2D eigenvalue weighted by Gasteiger charge is 2.12. The second kappa shape index (κ2) is 8.63. The van der Waals surface area contributed by atoms with E-state index in [-0.39, 0.29) is 5.91 Å². The van der Waals surface area contributed by atoms with Crippen molar-refractivity contribution in [3.8, 4) is 11.5 Å². The first kappa shape index (κ1) is 19.5. The summed E-state index contributed by atoms with van der Waals surface area (Å²) in [5.41, 5.74) is 3.53. The molecule has 0 saturated heterocycles.